The normalized spacial score (nSPS) is 14.3. The molecule has 3 amide bonds. The van der Waals surface area contributed by atoms with Crippen LogP contribution in [0.2, 0.25) is 0 Å². The predicted molar refractivity (Wildman–Crippen MR) is 197 cm³/mol. The van der Waals surface area contributed by atoms with E-state index in [1.165, 1.54) is 60.6 Å². The van der Waals surface area contributed by atoms with Crippen molar-refractivity contribution in [1.29, 1.82) is 0 Å². The van der Waals surface area contributed by atoms with Crippen LogP contribution in [0.3, 0.4) is 0 Å². The van der Waals surface area contributed by atoms with E-state index in [1.807, 2.05) is 11.8 Å². The van der Waals surface area contributed by atoms with Gasteiger partial charge in [0.2, 0.25) is 0 Å². The van der Waals surface area contributed by atoms with Crippen LogP contribution in [0.25, 0.3) is 11.0 Å². The Hall–Kier alpha value is -5.32. The Labute approximate surface area is 305 Å². The second-order valence-electron chi connectivity index (χ2n) is 12.9. The lowest BCUT2D eigenvalue weighted by Gasteiger charge is -2.34. The van der Waals surface area contributed by atoms with Crippen molar-refractivity contribution in [1.82, 2.24) is 23.7 Å². The first-order valence-corrected chi connectivity index (χ1v) is 18.4. The molecule has 53 heavy (non-hydrogen) atoms. The highest BCUT2D eigenvalue weighted by Crippen LogP contribution is 2.35. The standard InChI is InChI=1S/C37H39F3N8O4S/c1-5-46-16-18-47(19-17-46)22-27-10-11-28(21-31(27)37(38,39)40)43-35(49)26-9-8-25(3)32(20-26)44-36(50)45(4)33-30-14-15-48(34(30)42-23-41-33)53(51,52)29-12-6-24(2)7-13-29/h6-15,20-21,23H,5,16-19,22H2,1-4H3,(H,43,49)(H,44,50). The van der Waals surface area contributed by atoms with E-state index < -0.39 is 33.7 Å². The highest BCUT2D eigenvalue weighted by molar-refractivity contribution is 7.90. The van der Waals surface area contributed by atoms with Crippen LogP contribution in [0.4, 0.5) is 35.2 Å². The molecule has 3 aromatic carbocycles. The number of fused-ring (bicyclic) bond motifs is 1. The number of alkyl halides is 3. The van der Waals surface area contributed by atoms with E-state index in [4.69, 9.17) is 0 Å². The molecule has 278 valence electrons. The van der Waals surface area contributed by atoms with Crippen molar-refractivity contribution in [2.75, 3.05) is 55.3 Å². The fourth-order valence-corrected chi connectivity index (χ4v) is 7.46. The summed E-state index contributed by atoms with van der Waals surface area (Å²) in [6.45, 7) is 9.59. The maximum atomic E-state index is 14.2. The van der Waals surface area contributed by atoms with Gasteiger partial charge in [0.1, 0.15) is 12.1 Å². The second kappa shape index (κ2) is 15.0. The third-order valence-corrected chi connectivity index (χ3v) is 11.0. The molecule has 16 heteroatoms. The van der Waals surface area contributed by atoms with Crippen molar-refractivity contribution < 1.29 is 31.2 Å². The van der Waals surface area contributed by atoms with Crippen molar-refractivity contribution in [2.45, 2.75) is 38.4 Å². The number of aryl methyl sites for hydroxylation is 2. The maximum absolute atomic E-state index is 14.2. The number of urea groups is 1. The molecule has 1 aliphatic rings. The molecular weight excluding hydrogens is 710 g/mol. The molecule has 5 aromatic rings. The lowest BCUT2D eigenvalue weighted by molar-refractivity contribution is -0.138. The van der Waals surface area contributed by atoms with Gasteiger partial charge in [-0.25, -0.2) is 27.2 Å². The quantitative estimate of drug-likeness (QED) is 0.178. The molecular formula is C37H39F3N8O4S. The molecule has 0 radical (unpaired) electrons. The number of hydrogen-bond donors (Lipinski definition) is 2. The first-order valence-electron chi connectivity index (χ1n) is 16.9. The van der Waals surface area contributed by atoms with Gasteiger partial charge in [0.15, 0.2) is 5.65 Å². The number of amides is 3. The van der Waals surface area contributed by atoms with Crippen molar-refractivity contribution in [3.63, 3.8) is 0 Å². The minimum Gasteiger partial charge on any atom is -0.322 e. The van der Waals surface area contributed by atoms with Crippen LogP contribution in [0.5, 0.6) is 0 Å². The van der Waals surface area contributed by atoms with Gasteiger partial charge in [-0.05, 0) is 74.0 Å². The van der Waals surface area contributed by atoms with Crippen LogP contribution in [-0.4, -0.2) is 83.9 Å². The van der Waals surface area contributed by atoms with Crippen molar-refractivity contribution in [3.05, 3.63) is 107 Å². The molecule has 1 saturated heterocycles. The summed E-state index contributed by atoms with van der Waals surface area (Å²) in [4.78, 5) is 40.7. The lowest BCUT2D eigenvalue weighted by Crippen LogP contribution is -2.45. The van der Waals surface area contributed by atoms with E-state index in [0.717, 1.165) is 41.6 Å². The molecule has 3 heterocycles. The zero-order chi connectivity index (χ0) is 38.1. The molecule has 0 spiro atoms. The Morgan fingerprint density at radius 1 is 0.887 bits per heavy atom. The first-order chi connectivity index (χ1) is 25.1. The summed E-state index contributed by atoms with van der Waals surface area (Å²) in [5.41, 5.74) is 1.26. The van der Waals surface area contributed by atoms with Crippen LogP contribution < -0.4 is 15.5 Å². The average molecular weight is 749 g/mol. The third-order valence-electron chi connectivity index (χ3n) is 9.35. The number of piperazine rings is 1. The topological polar surface area (TPSA) is 133 Å². The Balaban J connectivity index is 1.18. The number of benzene rings is 3. The number of carbonyl (C=O) groups is 2. The summed E-state index contributed by atoms with van der Waals surface area (Å²) < 4.78 is 70.3. The fourth-order valence-electron chi connectivity index (χ4n) is 6.16. The SMILES string of the molecule is CCN1CCN(Cc2ccc(NC(=O)c3ccc(C)c(NC(=O)N(C)c4ncnc5c4ccn5S(=O)(=O)c4ccc(C)cc4)c3)cc2C(F)(F)F)CC1. The van der Waals surface area contributed by atoms with E-state index in [0.29, 0.717) is 24.0 Å². The Bertz CT molecular complexity index is 2270. The number of nitrogens with one attached hydrogen (secondary N) is 2. The van der Waals surface area contributed by atoms with Gasteiger partial charge >= 0.3 is 12.2 Å². The molecule has 0 bridgehead atoms. The Kier molecular flexibility index (Phi) is 10.6. The number of hydrogen-bond acceptors (Lipinski definition) is 8. The van der Waals surface area contributed by atoms with E-state index >= 15 is 0 Å². The monoisotopic (exact) mass is 748 g/mol. The largest absolute Gasteiger partial charge is 0.416 e. The molecule has 0 saturated carbocycles. The smallest absolute Gasteiger partial charge is 0.322 e. The molecule has 1 fully saturated rings. The maximum Gasteiger partial charge on any atom is 0.416 e. The van der Waals surface area contributed by atoms with E-state index in [2.05, 4.69) is 32.4 Å². The number of anilines is 3. The van der Waals surface area contributed by atoms with E-state index in [9.17, 15) is 31.2 Å². The van der Waals surface area contributed by atoms with Crippen LogP contribution in [0.1, 0.15) is 39.5 Å². The second-order valence-corrected chi connectivity index (χ2v) is 14.7. The van der Waals surface area contributed by atoms with E-state index in [-0.39, 0.29) is 45.4 Å². The third kappa shape index (κ3) is 8.04. The summed E-state index contributed by atoms with van der Waals surface area (Å²) in [6.07, 6.45) is -2.12. The molecule has 0 atom stereocenters. The first kappa shape index (κ1) is 37.4. The summed E-state index contributed by atoms with van der Waals surface area (Å²) in [5, 5.41) is 5.61. The van der Waals surface area contributed by atoms with Gasteiger partial charge in [-0.3, -0.25) is 14.6 Å². The molecule has 1 aliphatic heterocycles. The molecule has 0 unspecified atom stereocenters. The van der Waals surface area contributed by atoms with Gasteiger partial charge in [-0.1, -0.05) is 36.8 Å². The van der Waals surface area contributed by atoms with Gasteiger partial charge in [-0.15, -0.1) is 0 Å². The highest BCUT2D eigenvalue weighted by atomic mass is 32.2. The number of halogens is 3. The summed E-state index contributed by atoms with van der Waals surface area (Å²) in [5.74, 6) is -0.539. The summed E-state index contributed by atoms with van der Waals surface area (Å²) in [6, 6.07) is 15.6. The van der Waals surface area contributed by atoms with Gasteiger partial charge in [-0.2, -0.15) is 13.2 Å². The predicted octanol–water partition coefficient (Wildman–Crippen LogP) is 6.36. The molecule has 2 N–H and O–H groups in total. The van der Waals surface area contributed by atoms with Crippen molar-refractivity contribution in [2.24, 2.45) is 0 Å². The van der Waals surface area contributed by atoms with Crippen LogP contribution in [-0.2, 0) is 22.7 Å². The lowest BCUT2D eigenvalue weighted by atomic mass is 10.0. The van der Waals surface area contributed by atoms with Crippen LogP contribution in [0, 0.1) is 13.8 Å². The number of carbonyl (C=O) groups excluding carboxylic acids is 2. The van der Waals surface area contributed by atoms with Gasteiger partial charge in [0.25, 0.3) is 15.9 Å². The highest BCUT2D eigenvalue weighted by Gasteiger charge is 2.34. The van der Waals surface area contributed by atoms with E-state index in [1.54, 1.807) is 25.1 Å². The van der Waals surface area contributed by atoms with Crippen LogP contribution >= 0.6 is 0 Å². The minimum atomic E-state index is -4.62. The van der Waals surface area contributed by atoms with Gasteiger partial charge < -0.3 is 15.5 Å². The van der Waals surface area contributed by atoms with Crippen LogP contribution in [0.15, 0.2) is 84.1 Å². The van der Waals surface area contributed by atoms with Gasteiger partial charge in [0.05, 0.1) is 15.8 Å². The average Bonchev–Trinajstić information content (AvgIpc) is 3.58. The molecule has 0 aliphatic carbocycles. The summed E-state index contributed by atoms with van der Waals surface area (Å²) >= 11 is 0. The molecule has 6 rings (SSSR count). The minimum absolute atomic E-state index is 0.0168. The molecule has 2 aromatic heterocycles. The summed E-state index contributed by atoms with van der Waals surface area (Å²) in [7, 11) is -2.56. The zero-order valence-electron chi connectivity index (χ0n) is 29.6. The fraction of sp³-hybridized carbons (Fsp3) is 0.297. The zero-order valence-corrected chi connectivity index (χ0v) is 30.4. The Morgan fingerprint density at radius 3 is 2.26 bits per heavy atom. The number of likely N-dealkylation sites (N-methyl/N-ethyl adjacent to an activating group) is 1. The Morgan fingerprint density at radius 2 is 1.58 bits per heavy atom. The number of aromatic nitrogens is 3. The van der Waals surface area contributed by atoms with Crippen molar-refractivity contribution in [3.8, 4) is 0 Å². The number of rotatable bonds is 9. The van der Waals surface area contributed by atoms with Gasteiger partial charge in [0, 0.05) is 62.9 Å². The number of nitrogens with zero attached hydrogens (tertiary/aromatic N) is 6. The van der Waals surface area contributed by atoms with Crippen molar-refractivity contribution >= 4 is 50.2 Å². The molecule has 12 nitrogen and oxygen atoms in total.